The lowest BCUT2D eigenvalue weighted by molar-refractivity contribution is 0.507. The van der Waals surface area contributed by atoms with Crippen molar-refractivity contribution in [1.29, 1.82) is 0 Å². The number of nitrogens with two attached hydrogens (primary N) is 1. The molecule has 2 rings (SSSR count). The Bertz CT molecular complexity index is 530. The second-order valence-electron chi connectivity index (χ2n) is 4.74. The fourth-order valence-corrected chi connectivity index (χ4v) is 2.10. The first kappa shape index (κ1) is 12.8. The minimum absolute atomic E-state index is 0.0344. The van der Waals surface area contributed by atoms with Gasteiger partial charge in [-0.3, -0.25) is 5.84 Å². The number of aryl methyl sites for hydroxylation is 3. The lowest BCUT2D eigenvalue weighted by atomic mass is 10.0. The van der Waals surface area contributed by atoms with Crippen molar-refractivity contribution in [2.75, 3.05) is 0 Å². The lowest BCUT2D eigenvalue weighted by Crippen LogP contribution is -2.31. The molecule has 0 aliphatic rings. The third kappa shape index (κ3) is 2.60. The first-order chi connectivity index (χ1) is 8.61. The number of benzene rings is 1. The molecule has 96 valence electrons. The molecule has 4 heteroatoms. The highest BCUT2D eigenvalue weighted by molar-refractivity contribution is 5.30. The molecule has 4 nitrogen and oxygen atoms in total. The van der Waals surface area contributed by atoms with E-state index >= 15 is 0 Å². The van der Waals surface area contributed by atoms with Gasteiger partial charge >= 0.3 is 0 Å². The fourth-order valence-electron chi connectivity index (χ4n) is 2.10. The van der Waals surface area contributed by atoms with Crippen molar-refractivity contribution in [1.82, 2.24) is 15.0 Å². The molecule has 1 atom stereocenters. The summed E-state index contributed by atoms with van der Waals surface area (Å²) in [6, 6.07) is 6.54. The molecule has 3 N–H and O–H groups in total. The largest absolute Gasteiger partial charge is 0.337 e. The van der Waals surface area contributed by atoms with Crippen LogP contribution >= 0.6 is 0 Å². The minimum atomic E-state index is 0.0344. The summed E-state index contributed by atoms with van der Waals surface area (Å²) in [6.45, 7) is 4.25. The predicted octanol–water partition coefficient (Wildman–Crippen LogP) is 1.78. The Kier molecular flexibility index (Phi) is 3.79. The number of rotatable bonds is 4. The van der Waals surface area contributed by atoms with Crippen molar-refractivity contribution in [2.45, 2.75) is 26.3 Å². The molecule has 1 heterocycles. The number of hydrogen-bond acceptors (Lipinski definition) is 3. The van der Waals surface area contributed by atoms with Crippen LogP contribution in [0.5, 0.6) is 0 Å². The fraction of sp³-hybridized carbons (Fsp3) is 0.357. The van der Waals surface area contributed by atoms with Crippen LogP contribution in [-0.4, -0.2) is 9.55 Å². The van der Waals surface area contributed by atoms with Crippen molar-refractivity contribution in [3.05, 3.63) is 53.1 Å². The van der Waals surface area contributed by atoms with Gasteiger partial charge < -0.3 is 4.57 Å². The highest BCUT2D eigenvalue weighted by Crippen LogP contribution is 2.18. The number of hydrazine groups is 1. The molecule has 2 aromatic rings. The smallest absolute Gasteiger partial charge is 0.127 e. The van der Waals surface area contributed by atoms with Gasteiger partial charge in [-0.15, -0.1) is 0 Å². The van der Waals surface area contributed by atoms with Gasteiger partial charge in [0.15, 0.2) is 0 Å². The van der Waals surface area contributed by atoms with Crippen LogP contribution in [0.15, 0.2) is 30.6 Å². The Morgan fingerprint density at radius 3 is 2.67 bits per heavy atom. The van der Waals surface area contributed by atoms with E-state index in [2.05, 4.69) is 42.5 Å². The van der Waals surface area contributed by atoms with Crippen molar-refractivity contribution < 1.29 is 0 Å². The number of nitrogens with zero attached hydrogens (tertiary/aromatic N) is 2. The third-order valence-electron chi connectivity index (χ3n) is 3.38. The van der Waals surface area contributed by atoms with Crippen molar-refractivity contribution in [3.8, 4) is 0 Å². The van der Waals surface area contributed by atoms with Gasteiger partial charge in [0, 0.05) is 19.4 Å². The van der Waals surface area contributed by atoms with Crippen LogP contribution < -0.4 is 11.3 Å². The summed E-state index contributed by atoms with van der Waals surface area (Å²) in [7, 11) is 1.98. The van der Waals surface area contributed by atoms with Crippen LogP contribution in [0.3, 0.4) is 0 Å². The standard InChI is InChI=1S/C14H20N4/c1-10-4-5-12(8-11(10)2)9-13(17-15)14-16-6-7-18(14)3/h4-8,13,17H,9,15H2,1-3H3. The molecule has 1 unspecified atom stereocenters. The van der Waals surface area contributed by atoms with Gasteiger partial charge in [0.2, 0.25) is 0 Å². The molecule has 0 saturated heterocycles. The number of nitrogens with one attached hydrogen (secondary N) is 1. The van der Waals surface area contributed by atoms with E-state index in [0.29, 0.717) is 0 Å². The third-order valence-corrected chi connectivity index (χ3v) is 3.38. The number of imidazole rings is 1. The number of hydrogen-bond donors (Lipinski definition) is 2. The van der Waals surface area contributed by atoms with E-state index in [4.69, 9.17) is 5.84 Å². The molecular weight excluding hydrogens is 224 g/mol. The molecule has 0 bridgehead atoms. The summed E-state index contributed by atoms with van der Waals surface area (Å²) in [5.74, 6) is 6.60. The van der Waals surface area contributed by atoms with Gasteiger partial charge in [-0.1, -0.05) is 18.2 Å². The van der Waals surface area contributed by atoms with Gasteiger partial charge in [-0.05, 0) is 37.0 Å². The second-order valence-corrected chi connectivity index (χ2v) is 4.74. The first-order valence-electron chi connectivity index (χ1n) is 6.11. The van der Waals surface area contributed by atoms with E-state index in [1.165, 1.54) is 16.7 Å². The molecule has 1 aromatic carbocycles. The van der Waals surface area contributed by atoms with Crippen LogP contribution in [0.4, 0.5) is 0 Å². The molecule has 0 amide bonds. The summed E-state index contributed by atoms with van der Waals surface area (Å²) in [6.07, 6.45) is 4.56. The minimum Gasteiger partial charge on any atom is -0.337 e. The molecule has 0 aliphatic heterocycles. The summed E-state index contributed by atoms with van der Waals surface area (Å²) in [5.41, 5.74) is 6.73. The maximum absolute atomic E-state index is 5.65. The van der Waals surface area contributed by atoms with Gasteiger partial charge in [-0.25, -0.2) is 10.4 Å². The average Bonchev–Trinajstić information content (AvgIpc) is 2.77. The molecule has 0 saturated carbocycles. The monoisotopic (exact) mass is 244 g/mol. The van der Waals surface area contributed by atoms with Crippen molar-refractivity contribution >= 4 is 0 Å². The maximum atomic E-state index is 5.65. The molecule has 0 spiro atoms. The lowest BCUT2D eigenvalue weighted by Gasteiger charge is -2.16. The second kappa shape index (κ2) is 5.33. The van der Waals surface area contributed by atoms with Crippen molar-refractivity contribution in [2.24, 2.45) is 12.9 Å². The summed E-state index contributed by atoms with van der Waals surface area (Å²) in [5, 5.41) is 0. The SMILES string of the molecule is Cc1ccc(CC(NN)c2nccn2C)cc1C. The van der Waals surface area contributed by atoms with Gasteiger partial charge in [0.05, 0.1) is 6.04 Å². The Balaban J connectivity index is 2.20. The molecular formula is C14H20N4. The highest BCUT2D eigenvalue weighted by atomic mass is 15.3. The van der Waals surface area contributed by atoms with Gasteiger partial charge in [0.25, 0.3) is 0 Å². The normalized spacial score (nSPS) is 12.7. The van der Waals surface area contributed by atoms with E-state index in [1.807, 2.05) is 17.8 Å². The van der Waals surface area contributed by atoms with Crippen LogP contribution in [-0.2, 0) is 13.5 Å². The van der Waals surface area contributed by atoms with Crippen molar-refractivity contribution in [3.63, 3.8) is 0 Å². The summed E-state index contributed by atoms with van der Waals surface area (Å²) >= 11 is 0. The molecule has 18 heavy (non-hydrogen) atoms. The van der Waals surface area contributed by atoms with Crippen LogP contribution in [0.1, 0.15) is 28.6 Å². The van der Waals surface area contributed by atoms with E-state index in [1.54, 1.807) is 6.20 Å². The maximum Gasteiger partial charge on any atom is 0.127 e. The zero-order valence-electron chi connectivity index (χ0n) is 11.1. The van der Waals surface area contributed by atoms with E-state index < -0.39 is 0 Å². The van der Waals surface area contributed by atoms with Crippen LogP contribution in [0, 0.1) is 13.8 Å². The van der Waals surface area contributed by atoms with Gasteiger partial charge in [0.1, 0.15) is 5.82 Å². The zero-order valence-corrected chi connectivity index (χ0v) is 11.1. The molecule has 0 radical (unpaired) electrons. The summed E-state index contributed by atoms with van der Waals surface area (Å²) < 4.78 is 1.99. The Morgan fingerprint density at radius 2 is 2.11 bits per heavy atom. The molecule has 1 aromatic heterocycles. The van der Waals surface area contributed by atoms with Gasteiger partial charge in [-0.2, -0.15) is 0 Å². The van der Waals surface area contributed by atoms with Crippen LogP contribution in [0.25, 0.3) is 0 Å². The van der Waals surface area contributed by atoms with E-state index in [-0.39, 0.29) is 6.04 Å². The Hall–Kier alpha value is -1.65. The topological polar surface area (TPSA) is 55.9 Å². The zero-order chi connectivity index (χ0) is 13.1. The van der Waals surface area contributed by atoms with E-state index in [0.717, 1.165) is 12.2 Å². The molecule has 0 aliphatic carbocycles. The Morgan fingerprint density at radius 1 is 1.33 bits per heavy atom. The van der Waals surface area contributed by atoms with E-state index in [9.17, 15) is 0 Å². The average molecular weight is 244 g/mol. The highest BCUT2D eigenvalue weighted by Gasteiger charge is 2.14. The summed E-state index contributed by atoms with van der Waals surface area (Å²) in [4.78, 5) is 4.34. The van der Waals surface area contributed by atoms with Crippen LogP contribution in [0.2, 0.25) is 0 Å². The Labute approximate surface area is 108 Å². The number of aromatic nitrogens is 2. The first-order valence-corrected chi connectivity index (χ1v) is 6.11. The predicted molar refractivity (Wildman–Crippen MR) is 72.9 cm³/mol. The quantitative estimate of drug-likeness (QED) is 0.637. The molecule has 0 fully saturated rings.